The average molecular weight is 479 g/mol. The molecule has 0 fully saturated rings. The number of amides is 1. The van der Waals surface area contributed by atoms with E-state index < -0.39 is 5.97 Å². The molecule has 0 spiro atoms. The van der Waals surface area contributed by atoms with Crippen molar-refractivity contribution in [1.82, 2.24) is 14.8 Å². The molecular weight excluding hydrogens is 452 g/mol. The van der Waals surface area contributed by atoms with Crippen LogP contribution < -0.4 is 5.32 Å². The Hall–Kier alpha value is -4.52. The zero-order valence-electron chi connectivity index (χ0n) is 20.6. The first kappa shape index (κ1) is 23.2. The molecule has 0 radical (unpaired) electrons. The number of hydrogen-bond donors (Lipinski definition) is 1. The van der Waals surface area contributed by atoms with Crippen molar-refractivity contribution in [3.05, 3.63) is 94.7 Å². The number of nitrogens with one attached hydrogen (secondary N) is 1. The summed E-state index contributed by atoms with van der Waals surface area (Å²) in [5.74, 6) is -0.220. The third-order valence-electron chi connectivity index (χ3n) is 6.19. The second kappa shape index (κ2) is 9.26. The van der Waals surface area contributed by atoms with Crippen molar-refractivity contribution in [3.8, 4) is 5.82 Å². The third-order valence-corrected chi connectivity index (χ3v) is 6.19. The van der Waals surface area contributed by atoms with Gasteiger partial charge in [0, 0.05) is 10.9 Å². The van der Waals surface area contributed by atoms with E-state index in [-0.39, 0.29) is 23.9 Å². The average Bonchev–Trinajstić information content (AvgIpc) is 3.27. The smallest absolute Gasteiger partial charge is 0.343 e. The number of carbonyl (C=O) groups excluding carboxylic acids is 2. The molecule has 0 aliphatic heterocycles. The Bertz CT molecular complexity index is 1650. The van der Waals surface area contributed by atoms with Crippen LogP contribution in [0, 0.1) is 20.8 Å². The lowest BCUT2D eigenvalue weighted by Crippen LogP contribution is -2.19. The van der Waals surface area contributed by atoms with E-state index in [1.165, 1.54) is 10.9 Å². The summed E-state index contributed by atoms with van der Waals surface area (Å²) >= 11 is 0. The molecule has 0 saturated carbocycles. The summed E-state index contributed by atoms with van der Waals surface area (Å²) < 4.78 is 6.72. The first-order valence-electron chi connectivity index (χ1n) is 11.8. The summed E-state index contributed by atoms with van der Waals surface area (Å²) in [7, 11) is 0. The van der Waals surface area contributed by atoms with Crippen molar-refractivity contribution in [2.45, 2.75) is 27.7 Å². The number of fused-ring (bicyclic) bond motifs is 2. The Morgan fingerprint density at radius 3 is 2.50 bits per heavy atom. The summed E-state index contributed by atoms with van der Waals surface area (Å²) in [6.07, 6.45) is 1.40. The van der Waals surface area contributed by atoms with Crippen LogP contribution in [0.15, 0.2) is 66.9 Å². The highest BCUT2D eigenvalue weighted by atomic mass is 16.5. The van der Waals surface area contributed by atoms with Crippen LogP contribution in [0.1, 0.15) is 44.3 Å². The normalized spacial score (nSPS) is 11.1. The summed E-state index contributed by atoms with van der Waals surface area (Å²) in [5, 5.41) is 10.2. The van der Waals surface area contributed by atoms with Gasteiger partial charge in [-0.2, -0.15) is 9.78 Å². The van der Waals surface area contributed by atoms with E-state index in [1.807, 2.05) is 56.3 Å². The van der Waals surface area contributed by atoms with E-state index in [0.29, 0.717) is 11.4 Å². The Balaban J connectivity index is 1.65. The molecule has 7 heteroatoms. The number of pyridine rings is 1. The molecule has 7 nitrogen and oxygen atoms in total. The van der Waals surface area contributed by atoms with Crippen LogP contribution in [0.3, 0.4) is 0 Å². The highest BCUT2D eigenvalue weighted by Gasteiger charge is 2.24. The molecule has 180 valence electrons. The number of hydrogen-bond acceptors (Lipinski definition) is 5. The predicted octanol–water partition coefficient (Wildman–Crippen LogP) is 5.93. The third kappa shape index (κ3) is 4.09. The minimum absolute atomic E-state index is 0.158. The molecule has 0 aliphatic carbocycles. The van der Waals surface area contributed by atoms with Crippen LogP contribution in [-0.4, -0.2) is 33.2 Å². The summed E-state index contributed by atoms with van der Waals surface area (Å²) in [6, 6.07) is 19.3. The lowest BCUT2D eigenvalue weighted by Gasteiger charge is -2.14. The number of esters is 1. The van der Waals surface area contributed by atoms with Crippen LogP contribution in [-0.2, 0) is 4.74 Å². The highest BCUT2D eigenvalue weighted by Crippen LogP contribution is 2.28. The monoisotopic (exact) mass is 478 g/mol. The Kier molecular flexibility index (Phi) is 5.98. The van der Waals surface area contributed by atoms with Crippen molar-refractivity contribution in [2.75, 3.05) is 11.9 Å². The van der Waals surface area contributed by atoms with Gasteiger partial charge in [0.1, 0.15) is 5.56 Å². The molecule has 1 N–H and O–H groups in total. The molecule has 3 aromatic carbocycles. The fourth-order valence-corrected chi connectivity index (χ4v) is 4.53. The zero-order chi connectivity index (χ0) is 25.4. The number of benzene rings is 3. The molecule has 0 aliphatic rings. The fraction of sp³-hybridized carbons (Fsp3) is 0.172. The molecule has 0 bridgehead atoms. The summed E-state index contributed by atoms with van der Waals surface area (Å²) in [6.45, 7) is 8.01. The maximum atomic E-state index is 13.5. The van der Waals surface area contributed by atoms with Crippen molar-refractivity contribution >= 4 is 39.4 Å². The second-order valence-electron chi connectivity index (χ2n) is 8.80. The van der Waals surface area contributed by atoms with Gasteiger partial charge < -0.3 is 10.1 Å². The van der Waals surface area contributed by atoms with Gasteiger partial charge in [-0.25, -0.2) is 9.78 Å². The molecule has 5 aromatic rings. The van der Waals surface area contributed by atoms with Gasteiger partial charge in [-0.05, 0) is 67.8 Å². The molecule has 5 rings (SSSR count). The fourth-order valence-electron chi connectivity index (χ4n) is 4.53. The van der Waals surface area contributed by atoms with Crippen LogP contribution in [0.2, 0.25) is 0 Å². The predicted molar refractivity (Wildman–Crippen MR) is 141 cm³/mol. The van der Waals surface area contributed by atoms with Crippen molar-refractivity contribution in [2.24, 2.45) is 0 Å². The Morgan fingerprint density at radius 2 is 1.69 bits per heavy atom. The Morgan fingerprint density at radius 1 is 0.917 bits per heavy atom. The number of aryl methyl sites for hydroxylation is 3. The van der Waals surface area contributed by atoms with Crippen LogP contribution in [0.4, 0.5) is 5.82 Å². The Labute approximate surface area is 208 Å². The molecule has 2 aromatic heterocycles. The molecule has 0 unspecified atom stereocenters. The zero-order valence-corrected chi connectivity index (χ0v) is 20.6. The first-order valence-corrected chi connectivity index (χ1v) is 11.8. The molecule has 36 heavy (non-hydrogen) atoms. The van der Waals surface area contributed by atoms with Gasteiger partial charge in [-0.1, -0.05) is 48.0 Å². The van der Waals surface area contributed by atoms with Gasteiger partial charge in [-0.3, -0.25) is 4.79 Å². The van der Waals surface area contributed by atoms with E-state index in [4.69, 9.17) is 9.72 Å². The van der Waals surface area contributed by atoms with Gasteiger partial charge in [-0.15, -0.1) is 0 Å². The molecule has 0 saturated heterocycles. The summed E-state index contributed by atoms with van der Waals surface area (Å²) in [4.78, 5) is 31.1. The van der Waals surface area contributed by atoms with Crippen molar-refractivity contribution in [1.29, 1.82) is 0 Å². The number of nitrogens with zero attached hydrogens (tertiary/aromatic N) is 3. The van der Waals surface area contributed by atoms with Crippen molar-refractivity contribution < 1.29 is 14.3 Å². The summed E-state index contributed by atoms with van der Waals surface area (Å²) in [5.41, 5.74) is 4.70. The largest absolute Gasteiger partial charge is 0.462 e. The number of ether oxygens (including phenoxy) is 1. The number of aromatic nitrogens is 3. The standard InChI is InChI=1S/C29H26N4O3/c1-5-36-29(35)24-16-30-33(25-15-18(3)23-14-17(2)13-19(4)26(23)31-25)27(24)32-28(34)22-12-8-10-20-9-6-7-11-21(20)22/h6-16H,5H2,1-4H3,(H,32,34). The van der Waals surface area contributed by atoms with Gasteiger partial charge in [0.05, 0.1) is 18.3 Å². The van der Waals surface area contributed by atoms with E-state index in [9.17, 15) is 9.59 Å². The molecule has 2 heterocycles. The lowest BCUT2D eigenvalue weighted by atomic mass is 10.0. The van der Waals surface area contributed by atoms with Crippen LogP contribution >= 0.6 is 0 Å². The topological polar surface area (TPSA) is 86.1 Å². The van der Waals surface area contributed by atoms with E-state index >= 15 is 0 Å². The minimum atomic E-state index is -0.568. The lowest BCUT2D eigenvalue weighted by molar-refractivity contribution is 0.0527. The molecule has 1 amide bonds. The van der Waals surface area contributed by atoms with Gasteiger partial charge in [0.15, 0.2) is 11.6 Å². The maximum Gasteiger partial charge on any atom is 0.343 e. The van der Waals surface area contributed by atoms with Crippen molar-refractivity contribution in [3.63, 3.8) is 0 Å². The van der Waals surface area contributed by atoms with E-state index in [2.05, 4.69) is 29.5 Å². The maximum absolute atomic E-state index is 13.5. The van der Waals surface area contributed by atoms with Gasteiger partial charge >= 0.3 is 5.97 Å². The first-order chi connectivity index (χ1) is 17.4. The number of rotatable bonds is 5. The second-order valence-corrected chi connectivity index (χ2v) is 8.80. The van der Waals surface area contributed by atoms with E-state index in [0.717, 1.165) is 38.4 Å². The molecule has 0 atom stereocenters. The SMILES string of the molecule is CCOC(=O)c1cnn(-c2cc(C)c3cc(C)cc(C)c3n2)c1NC(=O)c1cccc2ccccc12. The van der Waals surface area contributed by atoms with E-state index in [1.54, 1.807) is 13.0 Å². The minimum Gasteiger partial charge on any atom is -0.462 e. The quantitative estimate of drug-likeness (QED) is 0.317. The highest BCUT2D eigenvalue weighted by molar-refractivity contribution is 6.14. The number of carbonyl (C=O) groups is 2. The van der Waals surface area contributed by atoms with Crippen LogP contribution in [0.25, 0.3) is 27.5 Å². The van der Waals surface area contributed by atoms with Gasteiger partial charge in [0.2, 0.25) is 0 Å². The van der Waals surface area contributed by atoms with Gasteiger partial charge in [0.25, 0.3) is 5.91 Å². The molecular formula is C29H26N4O3. The number of anilines is 1. The van der Waals surface area contributed by atoms with Crippen LogP contribution in [0.5, 0.6) is 0 Å².